The molecule has 3 rings (SSSR count). The highest BCUT2D eigenvalue weighted by atomic mass is 79.9. The Labute approximate surface area is 138 Å². The molecule has 0 aliphatic carbocycles. The molecule has 1 aromatic heterocycles. The fourth-order valence-electron chi connectivity index (χ4n) is 2.29. The average molecular weight is 379 g/mol. The summed E-state index contributed by atoms with van der Waals surface area (Å²) in [4.78, 5) is 13.9. The maximum Gasteiger partial charge on any atom is 0.242 e. The molecule has 0 aliphatic rings. The molecule has 4 N–H and O–H groups in total. The van der Waals surface area contributed by atoms with Crippen LogP contribution in [0.2, 0.25) is 0 Å². The van der Waals surface area contributed by atoms with Crippen LogP contribution in [0, 0.1) is 5.82 Å². The molecule has 118 valence electrons. The van der Waals surface area contributed by atoms with Gasteiger partial charge in [0.15, 0.2) is 11.8 Å². The van der Waals surface area contributed by atoms with Crippen molar-refractivity contribution in [2.24, 2.45) is 0 Å². The zero-order valence-corrected chi connectivity index (χ0v) is 13.3. The minimum Gasteiger partial charge on any atom is -0.494 e. The quantitative estimate of drug-likeness (QED) is 0.523. The number of carbonyl (C=O) groups excluding carboxylic acids is 1. The minimum absolute atomic E-state index is 0.145. The number of amides is 1. The molecule has 2 aromatic carbocycles. The predicted octanol–water partition coefficient (Wildman–Crippen LogP) is 3.79. The van der Waals surface area contributed by atoms with E-state index >= 15 is 0 Å². The molecular weight excluding hydrogens is 367 g/mol. The topological polar surface area (TPSA) is 85.4 Å². The van der Waals surface area contributed by atoms with Gasteiger partial charge in [0, 0.05) is 16.5 Å². The largest absolute Gasteiger partial charge is 0.494 e. The van der Waals surface area contributed by atoms with Crippen LogP contribution in [0.4, 0.5) is 10.1 Å². The Hall–Kier alpha value is -2.54. The Morgan fingerprint density at radius 3 is 2.61 bits per heavy atom. The molecule has 1 amide bonds. The van der Waals surface area contributed by atoms with Crippen LogP contribution < -0.4 is 5.32 Å². The number of nitrogens with one attached hydrogen (secondary N) is 2. The summed E-state index contributed by atoms with van der Waals surface area (Å²) in [5.41, 5.74) is 0.934. The Balaban J connectivity index is 1.83. The summed E-state index contributed by atoms with van der Waals surface area (Å²) < 4.78 is 13.2. The summed E-state index contributed by atoms with van der Waals surface area (Å²) >= 11 is 3.24. The predicted molar refractivity (Wildman–Crippen MR) is 88.3 cm³/mol. The molecule has 0 radical (unpaired) electrons. The number of aromatic amines is 1. The lowest BCUT2D eigenvalue weighted by atomic mass is 10.1. The number of H-pyrrole nitrogens is 1. The molecule has 0 bridgehead atoms. The van der Waals surface area contributed by atoms with Gasteiger partial charge in [0.1, 0.15) is 10.6 Å². The number of alkyl halides is 1. The normalized spacial score (nSPS) is 12.3. The van der Waals surface area contributed by atoms with E-state index in [0.717, 1.165) is 0 Å². The minimum atomic E-state index is -0.720. The van der Waals surface area contributed by atoms with Crippen molar-refractivity contribution in [1.82, 2.24) is 4.98 Å². The first-order chi connectivity index (χ1) is 11.0. The first-order valence-corrected chi connectivity index (χ1v) is 7.61. The van der Waals surface area contributed by atoms with Crippen molar-refractivity contribution in [3.63, 3.8) is 0 Å². The van der Waals surface area contributed by atoms with Crippen LogP contribution in [0.5, 0.6) is 11.8 Å². The zero-order valence-electron chi connectivity index (χ0n) is 11.7. The Bertz CT molecular complexity index is 894. The molecule has 0 aliphatic heterocycles. The van der Waals surface area contributed by atoms with Gasteiger partial charge in [-0.05, 0) is 35.9 Å². The van der Waals surface area contributed by atoms with Crippen LogP contribution in [-0.4, -0.2) is 21.1 Å². The van der Waals surface area contributed by atoms with Gasteiger partial charge in [0.05, 0.1) is 0 Å². The van der Waals surface area contributed by atoms with Gasteiger partial charge in [-0.15, -0.1) is 0 Å². The zero-order chi connectivity index (χ0) is 16.6. The van der Waals surface area contributed by atoms with E-state index < -0.39 is 10.6 Å². The number of fused-ring (bicyclic) bond motifs is 1. The number of carbonyl (C=O) groups is 1. The standard InChI is InChI=1S/C16H12BrFN2O3/c17-13(8-2-1-3-9(18)6-8)16(23)19-10-4-5-11-12(7-10)15(22)20-14(11)21/h1-7,13,20-22H,(H,19,23). The lowest BCUT2D eigenvalue weighted by Gasteiger charge is -2.11. The van der Waals surface area contributed by atoms with Crippen molar-refractivity contribution >= 4 is 38.3 Å². The molecule has 1 unspecified atom stereocenters. The van der Waals surface area contributed by atoms with E-state index in [4.69, 9.17) is 0 Å². The van der Waals surface area contributed by atoms with Gasteiger partial charge in [0.2, 0.25) is 5.91 Å². The van der Waals surface area contributed by atoms with Gasteiger partial charge in [-0.25, -0.2) is 4.39 Å². The van der Waals surface area contributed by atoms with E-state index in [1.807, 2.05) is 0 Å². The van der Waals surface area contributed by atoms with Gasteiger partial charge in [-0.1, -0.05) is 28.1 Å². The van der Waals surface area contributed by atoms with Crippen LogP contribution in [0.15, 0.2) is 42.5 Å². The third-order valence-electron chi connectivity index (χ3n) is 3.41. The average Bonchev–Trinajstić information content (AvgIpc) is 2.81. The van der Waals surface area contributed by atoms with Crippen LogP contribution in [0.1, 0.15) is 10.4 Å². The second kappa shape index (κ2) is 5.92. The Kier molecular flexibility index (Phi) is 3.96. The second-order valence-electron chi connectivity index (χ2n) is 4.99. The summed E-state index contributed by atoms with van der Waals surface area (Å²) in [5.74, 6) is -1.13. The summed E-state index contributed by atoms with van der Waals surface area (Å²) in [6.45, 7) is 0. The van der Waals surface area contributed by atoms with E-state index in [1.165, 1.54) is 24.3 Å². The monoisotopic (exact) mass is 378 g/mol. The number of hydrogen-bond donors (Lipinski definition) is 4. The van der Waals surface area contributed by atoms with Crippen LogP contribution >= 0.6 is 15.9 Å². The van der Waals surface area contributed by atoms with E-state index in [1.54, 1.807) is 18.2 Å². The number of halogens is 2. The molecule has 1 heterocycles. The number of aromatic hydroxyl groups is 2. The summed E-state index contributed by atoms with van der Waals surface area (Å²) in [6.07, 6.45) is 0. The summed E-state index contributed by atoms with van der Waals surface area (Å²) in [5, 5.41) is 22.8. The molecule has 0 saturated heterocycles. The van der Waals surface area contributed by atoms with Gasteiger partial charge in [-0.2, -0.15) is 0 Å². The van der Waals surface area contributed by atoms with Crippen molar-refractivity contribution in [3.8, 4) is 11.8 Å². The molecule has 1 atom stereocenters. The fourth-order valence-corrected chi connectivity index (χ4v) is 2.69. The number of rotatable bonds is 3. The summed E-state index contributed by atoms with van der Waals surface area (Å²) in [7, 11) is 0. The number of aromatic nitrogens is 1. The molecular formula is C16H12BrFN2O3. The molecule has 23 heavy (non-hydrogen) atoms. The van der Waals surface area contributed by atoms with Crippen LogP contribution in [0.3, 0.4) is 0 Å². The van der Waals surface area contributed by atoms with E-state index in [2.05, 4.69) is 26.2 Å². The van der Waals surface area contributed by atoms with Crippen molar-refractivity contribution in [2.45, 2.75) is 4.83 Å². The third kappa shape index (κ3) is 3.00. The molecule has 0 spiro atoms. The highest BCUT2D eigenvalue weighted by molar-refractivity contribution is 9.09. The first-order valence-electron chi connectivity index (χ1n) is 6.70. The SMILES string of the molecule is O=C(Nc1ccc2c(O)[nH]c(O)c2c1)C(Br)c1cccc(F)c1. The van der Waals surface area contributed by atoms with Crippen molar-refractivity contribution in [3.05, 3.63) is 53.8 Å². The molecule has 5 nitrogen and oxygen atoms in total. The van der Waals surface area contributed by atoms with Gasteiger partial charge < -0.3 is 15.5 Å². The van der Waals surface area contributed by atoms with Gasteiger partial charge in [-0.3, -0.25) is 9.78 Å². The van der Waals surface area contributed by atoms with Gasteiger partial charge >= 0.3 is 0 Å². The number of hydrogen-bond acceptors (Lipinski definition) is 3. The first kappa shape index (κ1) is 15.4. The fraction of sp³-hybridized carbons (Fsp3) is 0.0625. The van der Waals surface area contributed by atoms with E-state index in [0.29, 0.717) is 22.0 Å². The van der Waals surface area contributed by atoms with E-state index in [-0.39, 0.29) is 17.7 Å². The lowest BCUT2D eigenvalue weighted by Crippen LogP contribution is -2.17. The van der Waals surface area contributed by atoms with Crippen molar-refractivity contribution in [1.29, 1.82) is 0 Å². The number of benzene rings is 2. The lowest BCUT2D eigenvalue weighted by molar-refractivity contribution is -0.115. The Morgan fingerprint density at radius 1 is 1.13 bits per heavy atom. The highest BCUT2D eigenvalue weighted by Crippen LogP contribution is 2.34. The Morgan fingerprint density at radius 2 is 1.87 bits per heavy atom. The molecule has 3 aromatic rings. The molecule has 0 fully saturated rings. The smallest absolute Gasteiger partial charge is 0.242 e. The van der Waals surface area contributed by atoms with Gasteiger partial charge in [0.25, 0.3) is 0 Å². The van der Waals surface area contributed by atoms with Crippen LogP contribution in [0.25, 0.3) is 10.8 Å². The second-order valence-corrected chi connectivity index (χ2v) is 5.91. The van der Waals surface area contributed by atoms with Crippen molar-refractivity contribution in [2.75, 3.05) is 5.32 Å². The third-order valence-corrected chi connectivity index (χ3v) is 4.35. The molecule has 0 saturated carbocycles. The highest BCUT2D eigenvalue weighted by Gasteiger charge is 2.18. The molecule has 7 heteroatoms. The van der Waals surface area contributed by atoms with E-state index in [9.17, 15) is 19.4 Å². The maximum atomic E-state index is 13.2. The maximum absolute atomic E-state index is 13.2. The summed E-state index contributed by atoms with van der Waals surface area (Å²) in [6, 6.07) is 10.4. The van der Waals surface area contributed by atoms with Crippen molar-refractivity contribution < 1.29 is 19.4 Å². The number of anilines is 1. The van der Waals surface area contributed by atoms with Crippen LogP contribution in [-0.2, 0) is 4.79 Å².